The van der Waals surface area contributed by atoms with Crippen molar-refractivity contribution in [3.63, 3.8) is 0 Å². The molecule has 0 spiro atoms. The van der Waals surface area contributed by atoms with E-state index in [2.05, 4.69) is 31.9 Å². The number of hydrogen-bond acceptors (Lipinski definition) is 3. The monoisotopic (exact) mass is 355 g/mol. The third kappa shape index (κ3) is 2.53. The summed E-state index contributed by atoms with van der Waals surface area (Å²) in [7, 11) is 0. The van der Waals surface area contributed by atoms with Gasteiger partial charge in [0.25, 0.3) is 0 Å². The Morgan fingerprint density at radius 1 is 1.40 bits per heavy atom. The maximum atomic E-state index is 11.1. The van der Waals surface area contributed by atoms with Crippen molar-refractivity contribution in [3.8, 4) is 5.75 Å². The van der Waals surface area contributed by atoms with Gasteiger partial charge in [0.15, 0.2) is 0 Å². The van der Waals surface area contributed by atoms with Gasteiger partial charge in [-0.25, -0.2) is 0 Å². The molecule has 0 amide bonds. The average Bonchev–Trinajstić information content (AvgIpc) is 2.07. The third-order valence-corrected chi connectivity index (χ3v) is 3.09. The van der Waals surface area contributed by atoms with Gasteiger partial charge in [-0.05, 0) is 28.1 Å². The second kappa shape index (κ2) is 4.82. The summed E-state index contributed by atoms with van der Waals surface area (Å²) in [6, 6.07) is 3.42. The van der Waals surface area contributed by atoms with Crippen LogP contribution in [-0.2, 0) is 4.79 Å². The van der Waals surface area contributed by atoms with Crippen LogP contribution in [0.2, 0.25) is 0 Å². The number of rotatable bonds is 0. The van der Waals surface area contributed by atoms with Gasteiger partial charge in [0.05, 0.1) is 10.9 Å². The van der Waals surface area contributed by atoms with Crippen molar-refractivity contribution < 1.29 is 9.53 Å². The lowest BCUT2D eigenvalue weighted by molar-refractivity contribution is -0.135. The largest absolute Gasteiger partial charge is 0.425 e. The van der Waals surface area contributed by atoms with Crippen LogP contribution < -0.4 is 10.5 Å². The molecule has 1 aliphatic rings. The van der Waals surface area contributed by atoms with E-state index in [9.17, 15) is 4.79 Å². The van der Waals surface area contributed by atoms with Gasteiger partial charge >= 0.3 is 5.97 Å². The molecule has 0 saturated carbocycles. The fourth-order valence-electron chi connectivity index (χ4n) is 1.41. The van der Waals surface area contributed by atoms with E-state index >= 15 is 0 Å². The Hall–Kier alpha value is -0.100. The van der Waals surface area contributed by atoms with Gasteiger partial charge in [-0.3, -0.25) is 4.79 Å². The first-order valence-electron chi connectivity index (χ1n) is 4.03. The molecule has 82 valence electrons. The van der Waals surface area contributed by atoms with Crippen LogP contribution in [0.4, 0.5) is 0 Å². The molecule has 1 aromatic rings. The van der Waals surface area contributed by atoms with Gasteiger partial charge in [0, 0.05) is 16.1 Å². The molecule has 0 radical (unpaired) electrons. The van der Waals surface area contributed by atoms with E-state index < -0.39 is 0 Å². The van der Waals surface area contributed by atoms with Crippen molar-refractivity contribution in [2.75, 3.05) is 0 Å². The van der Waals surface area contributed by atoms with Crippen molar-refractivity contribution in [2.24, 2.45) is 5.73 Å². The first-order valence-corrected chi connectivity index (χ1v) is 5.61. The summed E-state index contributed by atoms with van der Waals surface area (Å²) >= 11 is 6.68. The van der Waals surface area contributed by atoms with Gasteiger partial charge < -0.3 is 10.5 Å². The van der Waals surface area contributed by atoms with E-state index in [1.807, 2.05) is 12.1 Å². The Kier molecular flexibility index (Phi) is 4.17. The number of hydrogen-bond donors (Lipinski definition) is 1. The lowest BCUT2D eigenvalue weighted by Crippen LogP contribution is -2.25. The minimum absolute atomic E-state index is 0. The molecule has 1 aromatic carbocycles. The van der Waals surface area contributed by atoms with E-state index in [1.54, 1.807) is 0 Å². The standard InChI is InChI=1S/C9H7Br2NO2.ClH/c10-4-1-5-7(12)3-8(13)14-9(5)6(11)2-4;/h1-2,7H,3,12H2;1H. The van der Waals surface area contributed by atoms with E-state index in [-0.39, 0.29) is 30.8 Å². The van der Waals surface area contributed by atoms with Gasteiger partial charge in [0.1, 0.15) is 5.75 Å². The van der Waals surface area contributed by atoms with Gasteiger partial charge in [-0.2, -0.15) is 0 Å². The summed E-state index contributed by atoms with van der Waals surface area (Å²) < 4.78 is 6.76. The highest BCUT2D eigenvalue weighted by molar-refractivity contribution is 9.11. The summed E-state index contributed by atoms with van der Waals surface area (Å²) in [5, 5.41) is 0. The number of halogens is 3. The Labute approximate surface area is 110 Å². The molecule has 1 heterocycles. The molecule has 0 bridgehead atoms. The minimum Gasteiger partial charge on any atom is -0.425 e. The number of carbonyl (C=O) groups excluding carboxylic acids is 1. The summed E-state index contributed by atoms with van der Waals surface area (Å²) in [5.41, 5.74) is 6.68. The maximum Gasteiger partial charge on any atom is 0.313 e. The molecular formula is C9H8Br2ClNO2. The Balaban J connectivity index is 0.00000112. The second-order valence-corrected chi connectivity index (χ2v) is 4.86. The Morgan fingerprint density at radius 2 is 2.07 bits per heavy atom. The lowest BCUT2D eigenvalue weighted by Gasteiger charge is -2.22. The smallest absolute Gasteiger partial charge is 0.313 e. The molecule has 1 atom stereocenters. The van der Waals surface area contributed by atoms with E-state index in [0.29, 0.717) is 5.75 Å². The fourth-order valence-corrected chi connectivity index (χ4v) is 2.75. The molecule has 0 saturated heterocycles. The van der Waals surface area contributed by atoms with Gasteiger partial charge in [0.2, 0.25) is 0 Å². The molecule has 6 heteroatoms. The van der Waals surface area contributed by atoms with Crippen molar-refractivity contribution >= 4 is 50.2 Å². The zero-order chi connectivity index (χ0) is 10.3. The molecule has 0 fully saturated rings. The maximum absolute atomic E-state index is 11.1. The molecule has 15 heavy (non-hydrogen) atoms. The number of benzene rings is 1. The highest BCUT2D eigenvalue weighted by atomic mass is 79.9. The predicted molar refractivity (Wildman–Crippen MR) is 66.3 cm³/mol. The third-order valence-electron chi connectivity index (χ3n) is 2.04. The average molecular weight is 357 g/mol. The number of esters is 1. The van der Waals surface area contributed by atoms with E-state index in [0.717, 1.165) is 14.5 Å². The van der Waals surface area contributed by atoms with Crippen LogP contribution >= 0.6 is 44.3 Å². The van der Waals surface area contributed by atoms with Crippen LogP contribution in [0.3, 0.4) is 0 Å². The van der Waals surface area contributed by atoms with Crippen molar-refractivity contribution in [1.29, 1.82) is 0 Å². The fraction of sp³-hybridized carbons (Fsp3) is 0.222. The van der Waals surface area contributed by atoms with Crippen LogP contribution in [-0.4, -0.2) is 5.97 Å². The van der Waals surface area contributed by atoms with Crippen LogP contribution in [0, 0.1) is 0 Å². The highest BCUT2D eigenvalue weighted by Crippen LogP contribution is 2.39. The Morgan fingerprint density at radius 3 is 2.73 bits per heavy atom. The molecular weight excluding hydrogens is 349 g/mol. The van der Waals surface area contributed by atoms with Crippen LogP contribution in [0.15, 0.2) is 21.1 Å². The molecule has 1 unspecified atom stereocenters. The zero-order valence-corrected chi connectivity index (χ0v) is 11.5. The normalized spacial score (nSPS) is 18.9. The summed E-state index contributed by atoms with van der Waals surface area (Å²) in [5.74, 6) is 0.255. The number of nitrogens with two attached hydrogens (primary N) is 1. The van der Waals surface area contributed by atoms with E-state index in [1.165, 1.54) is 0 Å². The van der Waals surface area contributed by atoms with Crippen molar-refractivity contribution in [1.82, 2.24) is 0 Å². The summed E-state index contributed by atoms with van der Waals surface area (Å²) in [6.45, 7) is 0. The number of carbonyl (C=O) groups is 1. The second-order valence-electron chi connectivity index (χ2n) is 3.09. The van der Waals surface area contributed by atoms with Crippen LogP contribution in [0.5, 0.6) is 5.75 Å². The quantitative estimate of drug-likeness (QED) is 0.574. The highest BCUT2D eigenvalue weighted by Gasteiger charge is 2.26. The van der Waals surface area contributed by atoms with E-state index in [4.69, 9.17) is 10.5 Å². The summed E-state index contributed by atoms with van der Waals surface area (Å²) in [4.78, 5) is 11.1. The molecule has 0 aliphatic carbocycles. The SMILES string of the molecule is Cl.NC1CC(=O)Oc2c(Br)cc(Br)cc21. The first-order chi connectivity index (χ1) is 6.58. The molecule has 2 rings (SSSR count). The molecule has 3 nitrogen and oxygen atoms in total. The molecule has 2 N–H and O–H groups in total. The first kappa shape index (κ1) is 13.0. The van der Waals surface area contributed by atoms with Crippen LogP contribution in [0.1, 0.15) is 18.0 Å². The van der Waals surface area contributed by atoms with Crippen molar-refractivity contribution in [2.45, 2.75) is 12.5 Å². The van der Waals surface area contributed by atoms with Crippen LogP contribution in [0.25, 0.3) is 0 Å². The molecule has 1 aliphatic heterocycles. The summed E-state index contributed by atoms with van der Waals surface area (Å²) in [6.07, 6.45) is 0.232. The Bertz CT molecular complexity index is 411. The minimum atomic E-state index is -0.284. The van der Waals surface area contributed by atoms with Gasteiger partial charge in [-0.1, -0.05) is 15.9 Å². The number of ether oxygens (including phenoxy) is 1. The number of fused-ring (bicyclic) bond motifs is 1. The lowest BCUT2D eigenvalue weighted by atomic mass is 10.0. The van der Waals surface area contributed by atoms with Crippen molar-refractivity contribution in [3.05, 3.63) is 26.6 Å². The topological polar surface area (TPSA) is 52.3 Å². The predicted octanol–water partition coefficient (Wildman–Crippen LogP) is 2.94. The zero-order valence-electron chi connectivity index (χ0n) is 7.50. The van der Waals surface area contributed by atoms with Gasteiger partial charge in [-0.15, -0.1) is 12.4 Å². The molecule has 0 aromatic heterocycles.